The monoisotopic (exact) mass is 234 g/mol. The molecule has 0 spiro atoms. The zero-order chi connectivity index (χ0) is 12.2. The highest BCUT2D eigenvalue weighted by molar-refractivity contribution is 4.91. The number of nitriles is 1. The largest absolute Gasteiger partial charge is 0.401 e. The lowest BCUT2D eigenvalue weighted by molar-refractivity contribution is -0.126. The highest BCUT2D eigenvalue weighted by Gasteiger charge is 2.33. The van der Waals surface area contributed by atoms with Crippen LogP contribution >= 0.6 is 0 Å². The molecule has 0 radical (unpaired) electrons. The van der Waals surface area contributed by atoms with Gasteiger partial charge in [0.2, 0.25) is 0 Å². The molecule has 1 aliphatic carbocycles. The number of hydrogen-bond acceptors (Lipinski definition) is 2. The number of nitrogens with zero attached hydrogens (tertiary/aromatic N) is 1. The Morgan fingerprint density at radius 1 is 1.38 bits per heavy atom. The van der Waals surface area contributed by atoms with Gasteiger partial charge in [-0.05, 0) is 31.1 Å². The van der Waals surface area contributed by atoms with Gasteiger partial charge in [0, 0.05) is 12.5 Å². The molecule has 1 fully saturated rings. The first-order valence-electron chi connectivity index (χ1n) is 5.52. The Balaban J connectivity index is 2.30. The van der Waals surface area contributed by atoms with E-state index < -0.39 is 12.7 Å². The molecule has 0 aliphatic heterocycles. The number of alkyl halides is 3. The number of rotatable bonds is 3. The molecular formula is C11H17F3N2. The number of hydrogen-bond donors (Lipinski definition) is 1. The van der Waals surface area contributed by atoms with Crippen LogP contribution < -0.4 is 5.32 Å². The minimum absolute atomic E-state index is 0.00512. The fourth-order valence-corrected chi connectivity index (χ4v) is 2.15. The lowest BCUT2D eigenvalue weighted by atomic mass is 9.72. The standard InChI is InChI=1S/C11H17F3N2/c1-10(6-7-15)4-2-9(3-5-10)16-8-11(12,13)14/h9,16H,2-6,8H2,1H3. The normalized spacial score (nSPS) is 31.1. The van der Waals surface area contributed by atoms with Crippen molar-refractivity contribution in [1.29, 1.82) is 5.26 Å². The maximum atomic E-state index is 12.0. The Morgan fingerprint density at radius 2 is 1.94 bits per heavy atom. The van der Waals surface area contributed by atoms with Gasteiger partial charge >= 0.3 is 6.18 Å². The van der Waals surface area contributed by atoms with E-state index in [1.807, 2.05) is 6.92 Å². The first kappa shape index (κ1) is 13.3. The Hall–Kier alpha value is -0.760. The van der Waals surface area contributed by atoms with E-state index in [4.69, 9.17) is 5.26 Å². The molecule has 2 nitrogen and oxygen atoms in total. The third-order valence-corrected chi connectivity index (χ3v) is 3.29. The minimum Gasteiger partial charge on any atom is -0.306 e. The fraction of sp³-hybridized carbons (Fsp3) is 0.909. The van der Waals surface area contributed by atoms with E-state index in [9.17, 15) is 13.2 Å². The third-order valence-electron chi connectivity index (χ3n) is 3.29. The van der Waals surface area contributed by atoms with Gasteiger partial charge in [0.05, 0.1) is 12.6 Å². The van der Waals surface area contributed by atoms with Crippen molar-refractivity contribution in [2.24, 2.45) is 5.41 Å². The van der Waals surface area contributed by atoms with Crippen LogP contribution in [-0.2, 0) is 0 Å². The van der Waals surface area contributed by atoms with Crippen LogP contribution in [0.1, 0.15) is 39.0 Å². The number of nitrogens with one attached hydrogen (secondary N) is 1. The zero-order valence-corrected chi connectivity index (χ0v) is 9.40. The van der Waals surface area contributed by atoms with Crippen LogP contribution in [0.3, 0.4) is 0 Å². The van der Waals surface area contributed by atoms with Gasteiger partial charge < -0.3 is 5.32 Å². The molecule has 0 aromatic carbocycles. The SMILES string of the molecule is CC1(CC#N)CCC(NCC(F)(F)F)CC1. The zero-order valence-electron chi connectivity index (χ0n) is 9.40. The predicted molar refractivity (Wildman–Crippen MR) is 54.7 cm³/mol. The summed E-state index contributed by atoms with van der Waals surface area (Å²) in [4.78, 5) is 0. The van der Waals surface area contributed by atoms with Gasteiger partial charge in [0.1, 0.15) is 0 Å². The van der Waals surface area contributed by atoms with Gasteiger partial charge in [-0.25, -0.2) is 0 Å². The van der Waals surface area contributed by atoms with Crippen molar-refractivity contribution in [2.75, 3.05) is 6.54 Å². The van der Waals surface area contributed by atoms with Crippen LogP contribution in [-0.4, -0.2) is 18.8 Å². The molecule has 1 saturated carbocycles. The maximum absolute atomic E-state index is 12.0. The molecule has 0 amide bonds. The van der Waals surface area contributed by atoms with Crippen molar-refractivity contribution in [3.8, 4) is 6.07 Å². The molecule has 16 heavy (non-hydrogen) atoms. The topological polar surface area (TPSA) is 35.8 Å². The van der Waals surface area contributed by atoms with Gasteiger partial charge in [-0.1, -0.05) is 6.92 Å². The molecule has 5 heteroatoms. The molecule has 0 atom stereocenters. The minimum atomic E-state index is -4.13. The summed E-state index contributed by atoms with van der Waals surface area (Å²) in [6.45, 7) is 1.13. The summed E-state index contributed by atoms with van der Waals surface area (Å²) in [5, 5.41) is 11.2. The van der Waals surface area contributed by atoms with E-state index in [1.165, 1.54) is 0 Å². The van der Waals surface area contributed by atoms with Crippen LogP contribution in [0.5, 0.6) is 0 Å². The molecule has 0 bridgehead atoms. The second-order valence-electron chi connectivity index (χ2n) is 4.92. The highest BCUT2D eigenvalue weighted by atomic mass is 19.4. The number of halogens is 3. The van der Waals surface area contributed by atoms with E-state index >= 15 is 0 Å². The summed E-state index contributed by atoms with van der Waals surface area (Å²) >= 11 is 0. The molecule has 0 saturated heterocycles. The van der Waals surface area contributed by atoms with E-state index in [0.29, 0.717) is 6.42 Å². The maximum Gasteiger partial charge on any atom is 0.401 e. The molecule has 0 heterocycles. The predicted octanol–water partition coefficient (Wildman–Crippen LogP) is 3.00. The molecule has 1 aliphatic rings. The van der Waals surface area contributed by atoms with E-state index in [2.05, 4.69) is 11.4 Å². The van der Waals surface area contributed by atoms with Crippen molar-refractivity contribution in [2.45, 2.75) is 51.2 Å². The van der Waals surface area contributed by atoms with Crippen LogP contribution in [0.2, 0.25) is 0 Å². The van der Waals surface area contributed by atoms with Crippen molar-refractivity contribution in [3.05, 3.63) is 0 Å². The average molecular weight is 234 g/mol. The third kappa shape index (κ3) is 4.40. The molecule has 0 aromatic heterocycles. The van der Waals surface area contributed by atoms with Gasteiger partial charge in [-0.3, -0.25) is 0 Å². The summed E-state index contributed by atoms with van der Waals surface area (Å²) in [5.74, 6) is 0. The Morgan fingerprint density at radius 3 is 2.38 bits per heavy atom. The summed E-state index contributed by atoms with van der Waals surface area (Å²) in [5.41, 5.74) is 0.00512. The first-order chi connectivity index (χ1) is 7.35. The van der Waals surface area contributed by atoms with Crippen molar-refractivity contribution < 1.29 is 13.2 Å². The van der Waals surface area contributed by atoms with Crippen LogP contribution in [0.15, 0.2) is 0 Å². The molecule has 0 aromatic rings. The Kier molecular flexibility index (Phi) is 4.20. The smallest absolute Gasteiger partial charge is 0.306 e. The van der Waals surface area contributed by atoms with Gasteiger partial charge in [0.25, 0.3) is 0 Å². The van der Waals surface area contributed by atoms with E-state index in [0.717, 1.165) is 25.7 Å². The summed E-state index contributed by atoms with van der Waals surface area (Å²) in [6.07, 6.45) is -0.513. The second kappa shape index (κ2) is 5.05. The Bertz CT molecular complexity index is 259. The molecule has 92 valence electrons. The van der Waals surface area contributed by atoms with Crippen molar-refractivity contribution in [3.63, 3.8) is 0 Å². The summed E-state index contributed by atoms with van der Waals surface area (Å²) in [6, 6.07) is 2.10. The van der Waals surface area contributed by atoms with Gasteiger partial charge in [-0.2, -0.15) is 18.4 Å². The van der Waals surface area contributed by atoms with Crippen LogP contribution in [0.4, 0.5) is 13.2 Å². The lowest BCUT2D eigenvalue weighted by Crippen LogP contribution is -2.41. The fourth-order valence-electron chi connectivity index (χ4n) is 2.15. The van der Waals surface area contributed by atoms with Gasteiger partial charge in [-0.15, -0.1) is 0 Å². The Labute approximate surface area is 93.8 Å². The second-order valence-corrected chi connectivity index (χ2v) is 4.92. The van der Waals surface area contributed by atoms with Crippen molar-refractivity contribution >= 4 is 0 Å². The van der Waals surface area contributed by atoms with Crippen LogP contribution in [0, 0.1) is 16.7 Å². The summed E-state index contributed by atoms with van der Waals surface area (Å²) in [7, 11) is 0. The van der Waals surface area contributed by atoms with E-state index in [1.54, 1.807) is 0 Å². The lowest BCUT2D eigenvalue weighted by Gasteiger charge is -2.36. The molecule has 0 unspecified atom stereocenters. The first-order valence-corrected chi connectivity index (χ1v) is 5.52. The van der Waals surface area contributed by atoms with Crippen LogP contribution in [0.25, 0.3) is 0 Å². The van der Waals surface area contributed by atoms with Crippen molar-refractivity contribution in [1.82, 2.24) is 5.32 Å². The summed E-state index contributed by atoms with van der Waals surface area (Å²) < 4.78 is 35.9. The van der Waals surface area contributed by atoms with Gasteiger partial charge in [0.15, 0.2) is 0 Å². The molecule has 1 N–H and O–H groups in total. The molecular weight excluding hydrogens is 217 g/mol. The quantitative estimate of drug-likeness (QED) is 0.814. The average Bonchev–Trinajstić information content (AvgIpc) is 2.16. The highest BCUT2D eigenvalue weighted by Crippen LogP contribution is 2.38. The molecule has 1 rings (SSSR count). The van der Waals surface area contributed by atoms with E-state index in [-0.39, 0.29) is 11.5 Å².